The molecule has 4 heterocycles. The van der Waals surface area contributed by atoms with E-state index in [0.717, 1.165) is 36.9 Å². The average molecular weight is 517 g/mol. The van der Waals surface area contributed by atoms with E-state index in [1.165, 1.54) is 41.2 Å². The van der Waals surface area contributed by atoms with Gasteiger partial charge in [-0.3, -0.25) is 0 Å². The van der Waals surface area contributed by atoms with Crippen molar-refractivity contribution in [2.45, 2.75) is 68.6 Å². The highest BCUT2D eigenvalue weighted by Crippen LogP contribution is 2.42. The van der Waals surface area contributed by atoms with E-state index >= 15 is 0 Å². The van der Waals surface area contributed by atoms with Crippen molar-refractivity contribution in [3.8, 4) is 0 Å². The van der Waals surface area contributed by atoms with Gasteiger partial charge in [-0.15, -0.1) is 0 Å². The predicted octanol–water partition coefficient (Wildman–Crippen LogP) is 6.47. The molecule has 3 aliphatic heterocycles. The van der Waals surface area contributed by atoms with Gasteiger partial charge in [0.15, 0.2) is 0 Å². The van der Waals surface area contributed by atoms with Gasteiger partial charge in [-0.1, -0.05) is 48.5 Å². The molecule has 1 aliphatic carbocycles. The molecule has 4 fully saturated rings. The monoisotopic (exact) mass is 516 g/mol. The average Bonchev–Trinajstić information content (AvgIpc) is 2.92. The third kappa shape index (κ3) is 4.35. The number of nitrogens with one attached hydrogen (secondary N) is 2. The molecule has 196 valence electrons. The first-order valence-corrected chi connectivity index (χ1v) is 13.8. The van der Waals surface area contributed by atoms with Gasteiger partial charge in [0.05, 0.1) is 11.2 Å². The number of halogens is 3. The van der Waals surface area contributed by atoms with Crippen LogP contribution in [0, 0.1) is 0 Å². The lowest BCUT2D eigenvalue weighted by Gasteiger charge is -2.47. The number of nitrogens with zero attached hydrogens (tertiary/aromatic N) is 2. The number of aromatic nitrogens is 2. The summed E-state index contributed by atoms with van der Waals surface area (Å²) >= 11 is 0. The second kappa shape index (κ2) is 9.31. The smallest absolute Gasteiger partial charge is 0.317 e. The van der Waals surface area contributed by atoms with Crippen molar-refractivity contribution in [3.05, 3.63) is 82.8 Å². The first-order valence-electron chi connectivity index (χ1n) is 13.8. The van der Waals surface area contributed by atoms with Crippen LogP contribution in [0.15, 0.2) is 54.6 Å². The zero-order valence-electron chi connectivity index (χ0n) is 21.2. The second-order valence-electron chi connectivity index (χ2n) is 11.3. The summed E-state index contributed by atoms with van der Waals surface area (Å²) in [5, 5.41) is 10.2. The van der Waals surface area contributed by atoms with Gasteiger partial charge in [0.1, 0.15) is 0 Å². The normalized spacial score (nSPS) is 24.0. The number of fused-ring (bicyclic) bond motifs is 4. The lowest BCUT2D eigenvalue weighted by Crippen LogP contribution is -2.57. The van der Waals surface area contributed by atoms with E-state index in [-0.39, 0.29) is 5.92 Å². The maximum absolute atomic E-state index is 13.8. The summed E-state index contributed by atoms with van der Waals surface area (Å²) in [6.07, 6.45) is 1.29. The first-order chi connectivity index (χ1) is 18.4. The van der Waals surface area contributed by atoms with Gasteiger partial charge >= 0.3 is 6.18 Å². The molecule has 3 saturated heterocycles. The van der Waals surface area contributed by atoms with Crippen molar-refractivity contribution in [1.29, 1.82) is 0 Å². The number of hydrogen-bond donors (Lipinski definition) is 2. The Morgan fingerprint density at radius 1 is 0.789 bits per heavy atom. The fourth-order valence-corrected chi connectivity index (χ4v) is 6.98. The van der Waals surface area contributed by atoms with Gasteiger partial charge in [0.2, 0.25) is 5.82 Å². The molecule has 2 unspecified atom stereocenters. The van der Waals surface area contributed by atoms with Crippen LogP contribution in [0.5, 0.6) is 0 Å². The Balaban J connectivity index is 1.26. The Bertz CT molecular complexity index is 1490. The predicted molar refractivity (Wildman–Crippen MR) is 143 cm³/mol. The summed E-state index contributed by atoms with van der Waals surface area (Å²) in [7, 11) is 0. The summed E-state index contributed by atoms with van der Waals surface area (Å²) in [5.74, 6) is -0.456. The van der Waals surface area contributed by atoms with E-state index < -0.39 is 12.0 Å². The van der Waals surface area contributed by atoms with Gasteiger partial charge in [-0.2, -0.15) is 13.2 Å². The van der Waals surface area contributed by atoms with Gasteiger partial charge in [-0.25, -0.2) is 9.97 Å². The molecule has 4 aliphatic rings. The molecule has 2 atom stereocenters. The van der Waals surface area contributed by atoms with Crippen molar-refractivity contribution in [1.82, 2.24) is 20.6 Å². The molecule has 0 amide bonds. The number of alkyl halides is 3. The zero-order chi connectivity index (χ0) is 25.9. The molecule has 8 rings (SSSR count). The van der Waals surface area contributed by atoms with E-state index in [1.807, 2.05) is 18.2 Å². The Hall–Kier alpha value is -3.03. The van der Waals surface area contributed by atoms with Gasteiger partial charge in [-0.05, 0) is 91.1 Å². The summed E-state index contributed by atoms with van der Waals surface area (Å²) < 4.78 is 41.3. The fourth-order valence-electron chi connectivity index (χ4n) is 6.98. The van der Waals surface area contributed by atoms with E-state index in [2.05, 4.69) is 57.0 Å². The minimum Gasteiger partial charge on any atom is -0.317 e. The van der Waals surface area contributed by atoms with Crippen LogP contribution in [0.1, 0.15) is 72.1 Å². The molecule has 2 bridgehead atoms. The topological polar surface area (TPSA) is 49.8 Å². The minimum atomic E-state index is -4.58. The van der Waals surface area contributed by atoms with Crippen LogP contribution >= 0.6 is 0 Å². The Morgan fingerprint density at radius 2 is 1.53 bits per heavy atom. The Kier molecular flexibility index (Phi) is 5.89. The molecular formula is C31H31F3N4. The largest absolute Gasteiger partial charge is 0.451 e. The first kappa shape index (κ1) is 24.0. The molecule has 0 radical (unpaired) electrons. The molecule has 1 saturated carbocycles. The summed E-state index contributed by atoms with van der Waals surface area (Å²) in [4.78, 5) is 8.04. The van der Waals surface area contributed by atoms with E-state index in [0.29, 0.717) is 35.6 Å². The highest BCUT2D eigenvalue weighted by Gasteiger charge is 2.39. The van der Waals surface area contributed by atoms with Crippen LogP contribution in [-0.4, -0.2) is 35.1 Å². The van der Waals surface area contributed by atoms with Crippen molar-refractivity contribution in [2.75, 3.05) is 13.1 Å². The van der Waals surface area contributed by atoms with Crippen LogP contribution < -0.4 is 10.6 Å². The third-order valence-corrected chi connectivity index (χ3v) is 8.83. The maximum atomic E-state index is 13.8. The van der Waals surface area contributed by atoms with E-state index in [1.54, 1.807) is 0 Å². The SMILES string of the molecule is FC(F)(F)c1nc(C2CCNCC2)c2ccc(Cc3ccc(C4CC5CC(C4)N5)c4ccccc34)cc2n1. The molecule has 4 aromatic rings. The van der Waals surface area contributed by atoms with Crippen molar-refractivity contribution in [2.24, 2.45) is 0 Å². The zero-order valence-corrected chi connectivity index (χ0v) is 21.2. The standard InChI is InChI=1S/C31H31F3N4/c32-31(33,34)30-37-28-14-18(5-7-27(28)29(38-30)19-9-11-35-12-10-19)13-20-6-8-25(26-4-2-1-3-24(20)26)21-15-22-17-23(16-21)36-22/h1-8,14,19,21-23,35-36H,9-13,15-17H2. The number of rotatable bonds is 4. The summed E-state index contributed by atoms with van der Waals surface area (Å²) in [6.45, 7) is 1.58. The lowest BCUT2D eigenvalue weighted by atomic mass is 9.72. The molecule has 7 heteroatoms. The maximum Gasteiger partial charge on any atom is 0.451 e. The van der Waals surface area contributed by atoms with Crippen molar-refractivity contribution >= 4 is 21.7 Å². The molecule has 0 spiro atoms. The molecule has 4 nitrogen and oxygen atoms in total. The van der Waals surface area contributed by atoms with Crippen LogP contribution in [0.2, 0.25) is 0 Å². The molecule has 2 N–H and O–H groups in total. The molecule has 3 aromatic carbocycles. The minimum absolute atomic E-state index is 0.00575. The Morgan fingerprint density at radius 3 is 2.26 bits per heavy atom. The summed E-state index contributed by atoms with van der Waals surface area (Å²) in [6, 6.07) is 20.2. The number of piperidine rings is 2. The van der Waals surface area contributed by atoms with Gasteiger partial charge in [0.25, 0.3) is 0 Å². The van der Waals surface area contributed by atoms with Crippen molar-refractivity contribution < 1.29 is 13.2 Å². The Labute approximate surface area is 220 Å². The van der Waals surface area contributed by atoms with Crippen LogP contribution in [0.4, 0.5) is 13.2 Å². The number of hydrogen-bond acceptors (Lipinski definition) is 4. The van der Waals surface area contributed by atoms with Crippen molar-refractivity contribution in [3.63, 3.8) is 0 Å². The lowest BCUT2D eigenvalue weighted by molar-refractivity contribution is -0.144. The van der Waals surface area contributed by atoms with Gasteiger partial charge in [0, 0.05) is 23.4 Å². The van der Waals surface area contributed by atoms with E-state index in [9.17, 15) is 13.2 Å². The third-order valence-electron chi connectivity index (χ3n) is 8.83. The summed E-state index contributed by atoms with van der Waals surface area (Å²) in [5.41, 5.74) is 4.49. The quantitative estimate of drug-likeness (QED) is 0.327. The molecule has 1 aromatic heterocycles. The van der Waals surface area contributed by atoms with Gasteiger partial charge < -0.3 is 10.6 Å². The molecule has 38 heavy (non-hydrogen) atoms. The van der Waals surface area contributed by atoms with E-state index in [4.69, 9.17) is 0 Å². The fraction of sp³-hybridized carbons (Fsp3) is 0.419. The number of benzene rings is 3. The molecular weight excluding hydrogens is 485 g/mol. The van der Waals surface area contributed by atoms with Crippen LogP contribution in [0.3, 0.4) is 0 Å². The highest BCUT2D eigenvalue weighted by atomic mass is 19.4. The second-order valence-corrected chi connectivity index (χ2v) is 11.3. The van der Waals surface area contributed by atoms with Crippen LogP contribution in [0.25, 0.3) is 21.7 Å². The highest BCUT2D eigenvalue weighted by molar-refractivity contribution is 5.90. The van der Waals surface area contributed by atoms with Crippen LogP contribution in [-0.2, 0) is 12.6 Å².